The molecule has 0 aromatic heterocycles. The minimum Gasteiger partial charge on any atom is -0.335 e. The normalized spacial score (nSPS) is 18.3. The van der Waals surface area contributed by atoms with E-state index in [2.05, 4.69) is 5.32 Å². The lowest BCUT2D eigenvalue weighted by Crippen LogP contribution is -2.52. The Morgan fingerprint density at radius 2 is 1.51 bits per heavy atom. The molecule has 1 fully saturated rings. The number of halogens is 7. The fraction of sp³-hybridized carbons (Fsp3) is 0.345. The third kappa shape index (κ3) is 7.54. The first-order chi connectivity index (χ1) is 18.4. The number of likely N-dealkylation sites (tertiary alicyclic amines) is 1. The Morgan fingerprint density at radius 1 is 0.897 bits per heavy atom. The fourth-order valence-electron chi connectivity index (χ4n) is 4.94. The summed E-state index contributed by atoms with van der Waals surface area (Å²) in [5.74, 6) is -0.845. The van der Waals surface area contributed by atoms with Gasteiger partial charge in [-0.25, -0.2) is 0 Å². The molecular weight excluding hydrogens is 542 g/mol. The van der Waals surface area contributed by atoms with E-state index in [0.29, 0.717) is 49.4 Å². The Hall–Kier alpha value is -3.04. The molecule has 4 rings (SSSR count). The van der Waals surface area contributed by atoms with Crippen molar-refractivity contribution in [3.8, 4) is 0 Å². The van der Waals surface area contributed by atoms with Gasteiger partial charge < -0.3 is 10.2 Å². The number of nitrogens with one attached hydrogen (secondary N) is 1. The molecule has 2 atom stereocenters. The fourth-order valence-corrected chi connectivity index (χ4v) is 5.17. The number of benzene rings is 3. The predicted molar refractivity (Wildman–Crippen MR) is 138 cm³/mol. The van der Waals surface area contributed by atoms with Gasteiger partial charge in [-0.3, -0.25) is 4.79 Å². The monoisotopic (exact) mass is 568 g/mol. The first-order valence-electron chi connectivity index (χ1n) is 12.5. The molecule has 1 heterocycles. The minimum atomic E-state index is -5.03. The van der Waals surface area contributed by atoms with Crippen molar-refractivity contribution in [3.63, 3.8) is 0 Å². The van der Waals surface area contributed by atoms with E-state index >= 15 is 0 Å². The molecular formula is C29H27ClF6N2O. The molecule has 39 heavy (non-hydrogen) atoms. The zero-order valence-electron chi connectivity index (χ0n) is 20.8. The number of hydrogen-bond acceptors (Lipinski definition) is 2. The molecule has 0 radical (unpaired) electrons. The number of hydrogen-bond donors (Lipinski definition) is 1. The quantitative estimate of drug-likeness (QED) is 0.301. The van der Waals surface area contributed by atoms with E-state index in [1.54, 1.807) is 0 Å². The van der Waals surface area contributed by atoms with Crippen LogP contribution in [0.2, 0.25) is 5.02 Å². The van der Waals surface area contributed by atoms with Crippen LogP contribution in [0.25, 0.3) is 0 Å². The average molecular weight is 569 g/mol. The third-order valence-corrected chi connectivity index (χ3v) is 7.28. The zero-order chi connectivity index (χ0) is 28.2. The minimum absolute atomic E-state index is 0.0116. The Balaban J connectivity index is 1.55. The molecule has 0 aliphatic carbocycles. The number of nitrogens with zero attached hydrogens (tertiary/aromatic N) is 1. The number of carbonyl (C=O) groups excluding carboxylic acids is 1. The number of amides is 1. The zero-order valence-corrected chi connectivity index (χ0v) is 21.6. The Bertz CT molecular complexity index is 1250. The number of carbonyl (C=O) groups is 1. The van der Waals surface area contributed by atoms with Crippen LogP contribution in [0, 0.1) is 0 Å². The Kier molecular flexibility index (Phi) is 8.91. The van der Waals surface area contributed by atoms with E-state index in [1.165, 1.54) is 4.90 Å². The first-order valence-corrected chi connectivity index (χ1v) is 12.9. The summed E-state index contributed by atoms with van der Waals surface area (Å²) in [6.07, 6.45) is -7.96. The van der Waals surface area contributed by atoms with Crippen LogP contribution in [0.15, 0.2) is 72.8 Å². The molecule has 0 bridgehead atoms. The van der Waals surface area contributed by atoms with Crippen LogP contribution in [0.1, 0.15) is 45.5 Å². The largest absolute Gasteiger partial charge is 0.416 e. The maximum atomic E-state index is 13.5. The predicted octanol–water partition coefficient (Wildman–Crippen LogP) is 7.43. The second kappa shape index (κ2) is 12.0. The summed E-state index contributed by atoms with van der Waals surface area (Å²) in [5, 5.41) is 4.14. The number of alkyl halides is 6. The highest BCUT2D eigenvalue weighted by atomic mass is 35.5. The molecule has 1 amide bonds. The van der Waals surface area contributed by atoms with Gasteiger partial charge in [-0.05, 0) is 67.6 Å². The molecule has 0 spiro atoms. The van der Waals surface area contributed by atoms with Crippen molar-refractivity contribution in [2.75, 3.05) is 13.1 Å². The van der Waals surface area contributed by atoms with Crippen LogP contribution in [-0.2, 0) is 25.2 Å². The standard InChI is InChI=1S/C29H27ClF6N2O/c30-26-9-5-4-8-20(26)10-12-37-24-11-13-38(25(18-24)14-19-6-2-1-3-7-19)27(39)21-15-22(28(31,32)33)17-23(16-21)29(34,35)36/h1-9,15-17,24-25,37H,10-14,18H2/t24-,25+/m0/s1. The van der Waals surface area contributed by atoms with Gasteiger partial charge in [0, 0.05) is 29.2 Å². The highest BCUT2D eigenvalue weighted by molar-refractivity contribution is 6.31. The lowest BCUT2D eigenvalue weighted by molar-refractivity contribution is -0.143. The molecule has 1 saturated heterocycles. The van der Waals surface area contributed by atoms with Gasteiger partial charge in [-0.2, -0.15) is 26.3 Å². The Morgan fingerprint density at radius 3 is 2.13 bits per heavy atom. The van der Waals surface area contributed by atoms with Crippen LogP contribution >= 0.6 is 11.6 Å². The summed E-state index contributed by atoms with van der Waals surface area (Å²) in [4.78, 5) is 14.9. The van der Waals surface area contributed by atoms with Crippen LogP contribution in [-0.4, -0.2) is 36.0 Å². The summed E-state index contributed by atoms with van der Waals surface area (Å²) < 4.78 is 80.5. The summed E-state index contributed by atoms with van der Waals surface area (Å²) in [6.45, 7) is 0.820. The van der Waals surface area contributed by atoms with Gasteiger partial charge >= 0.3 is 12.4 Å². The van der Waals surface area contributed by atoms with Crippen molar-refractivity contribution in [1.82, 2.24) is 10.2 Å². The van der Waals surface area contributed by atoms with E-state index in [-0.39, 0.29) is 18.7 Å². The topological polar surface area (TPSA) is 32.3 Å². The van der Waals surface area contributed by atoms with E-state index in [4.69, 9.17) is 11.6 Å². The van der Waals surface area contributed by atoms with Crippen molar-refractivity contribution < 1.29 is 31.1 Å². The van der Waals surface area contributed by atoms with Gasteiger partial charge in [-0.1, -0.05) is 60.1 Å². The van der Waals surface area contributed by atoms with Crippen molar-refractivity contribution >= 4 is 17.5 Å². The average Bonchev–Trinajstić information content (AvgIpc) is 2.89. The molecule has 0 saturated carbocycles. The van der Waals surface area contributed by atoms with E-state index in [1.807, 2.05) is 54.6 Å². The second-order valence-corrected chi connectivity index (χ2v) is 10.1. The highest BCUT2D eigenvalue weighted by Crippen LogP contribution is 2.37. The van der Waals surface area contributed by atoms with Crippen LogP contribution < -0.4 is 5.32 Å². The molecule has 208 valence electrons. The van der Waals surface area contributed by atoms with Crippen molar-refractivity contribution in [2.24, 2.45) is 0 Å². The summed E-state index contributed by atoms with van der Waals surface area (Å²) in [6, 6.07) is 17.4. The van der Waals surface area contributed by atoms with Crippen LogP contribution in [0.4, 0.5) is 26.3 Å². The van der Waals surface area contributed by atoms with Gasteiger partial charge in [0.1, 0.15) is 0 Å². The summed E-state index contributed by atoms with van der Waals surface area (Å²) in [5.41, 5.74) is -1.73. The summed E-state index contributed by atoms with van der Waals surface area (Å²) >= 11 is 6.24. The molecule has 3 nitrogen and oxygen atoms in total. The lowest BCUT2D eigenvalue weighted by atomic mass is 9.91. The third-order valence-electron chi connectivity index (χ3n) is 6.91. The number of rotatable bonds is 7. The van der Waals surface area contributed by atoms with Gasteiger partial charge in [0.25, 0.3) is 5.91 Å². The van der Waals surface area contributed by atoms with Crippen molar-refractivity contribution in [1.29, 1.82) is 0 Å². The maximum absolute atomic E-state index is 13.5. The maximum Gasteiger partial charge on any atom is 0.416 e. The van der Waals surface area contributed by atoms with Gasteiger partial charge in [0.05, 0.1) is 11.1 Å². The van der Waals surface area contributed by atoms with E-state index < -0.39 is 41.0 Å². The van der Waals surface area contributed by atoms with E-state index in [0.717, 1.165) is 11.1 Å². The van der Waals surface area contributed by atoms with Crippen molar-refractivity contribution in [2.45, 2.75) is 50.1 Å². The molecule has 1 aliphatic rings. The number of piperidine rings is 1. The van der Waals surface area contributed by atoms with Crippen LogP contribution in [0.5, 0.6) is 0 Å². The van der Waals surface area contributed by atoms with Crippen molar-refractivity contribution in [3.05, 3.63) is 106 Å². The lowest BCUT2D eigenvalue weighted by Gasteiger charge is -2.40. The molecule has 3 aromatic carbocycles. The highest BCUT2D eigenvalue weighted by Gasteiger charge is 2.39. The summed E-state index contributed by atoms with van der Waals surface area (Å²) in [7, 11) is 0. The van der Waals surface area contributed by atoms with Gasteiger partial charge in [0.2, 0.25) is 0 Å². The second-order valence-electron chi connectivity index (χ2n) is 9.65. The SMILES string of the molecule is O=C(c1cc(C(F)(F)F)cc(C(F)(F)F)c1)N1CC[C@H](NCCc2ccccc2Cl)C[C@H]1Cc1ccccc1. The van der Waals surface area contributed by atoms with E-state index in [9.17, 15) is 31.1 Å². The molecule has 1 aliphatic heterocycles. The Labute approximate surface area is 227 Å². The molecule has 3 aromatic rings. The molecule has 1 N–H and O–H groups in total. The molecule has 10 heteroatoms. The first kappa shape index (κ1) is 29.0. The molecule has 0 unspecified atom stereocenters. The van der Waals surface area contributed by atoms with Crippen LogP contribution in [0.3, 0.4) is 0 Å². The van der Waals surface area contributed by atoms with Gasteiger partial charge in [-0.15, -0.1) is 0 Å². The smallest absolute Gasteiger partial charge is 0.335 e. The van der Waals surface area contributed by atoms with Gasteiger partial charge in [0.15, 0.2) is 0 Å².